The molecule has 2 bridgehead atoms. The molecule has 2 aromatic rings. The fraction of sp³-hybridized carbons (Fsp3) is 0.381. The van der Waals surface area contributed by atoms with E-state index in [1.54, 1.807) is 6.92 Å². The van der Waals surface area contributed by atoms with E-state index in [-0.39, 0.29) is 12.7 Å². The largest absolute Gasteiger partial charge is 0.502 e. The number of carbonyl (C=O) groups is 2. The van der Waals surface area contributed by atoms with Crippen LogP contribution in [0.25, 0.3) is 0 Å². The first kappa shape index (κ1) is 22.6. The topological polar surface area (TPSA) is 94.9 Å². The highest BCUT2D eigenvalue weighted by Gasteiger charge is 2.40. The van der Waals surface area contributed by atoms with Crippen molar-refractivity contribution in [1.82, 2.24) is 14.9 Å². The number of hydrogen-bond donors (Lipinski definition) is 2. The van der Waals surface area contributed by atoms with Crippen molar-refractivity contribution in [2.45, 2.75) is 38.4 Å². The van der Waals surface area contributed by atoms with E-state index in [9.17, 15) is 37.1 Å². The molecule has 2 N–H and O–H groups in total. The summed E-state index contributed by atoms with van der Waals surface area (Å²) in [6.07, 6.45) is 1.88. The van der Waals surface area contributed by atoms with Crippen molar-refractivity contribution >= 4 is 11.8 Å². The van der Waals surface area contributed by atoms with Crippen LogP contribution in [0.4, 0.5) is 17.6 Å². The van der Waals surface area contributed by atoms with Crippen LogP contribution in [-0.4, -0.2) is 51.9 Å². The van der Waals surface area contributed by atoms with Crippen molar-refractivity contribution in [2.24, 2.45) is 0 Å². The van der Waals surface area contributed by atoms with E-state index in [4.69, 9.17) is 0 Å². The number of fused-ring (bicyclic) bond motifs is 4. The summed E-state index contributed by atoms with van der Waals surface area (Å²) in [5.74, 6) is -6.32. The molecular formula is C21H20F4N4O4. The summed E-state index contributed by atoms with van der Waals surface area (Å²) in [6.45, 7) is 0.277. The lowest BCUT2D eigenvalue weighted by Gasteiger charge is -2.42. The molecule has 33 heavy (non-hydrogen) atoms. The zero-order chi connectivity index (χ0) is 24.0. The predicted molar refractivity (Wildman–Crippen MR) is 108 cm³/mol. The Morgan fingerprint density at radius 2 is 1.85 bits per heavy atom. The first-order valence-corrected chi connectivity index (χ1v) is 10.2. The number of hydrogen-bond acceptors (Lipinski definition) is 5. The molecule has 2 atom stereocenters. The van der Waals surface area contributed by atoms with Gasteiger partial charge in [-0.15, -0.1) is 0 Å². The van der Waals surface area contributed by atoms with Gasteiger partial charge in [0.05, 0.1) is 6.04 Å². The Labute approximate surface area is 185 Å². The number of alkyl halides is 1. The summed E-state index contributed by atoms with van der Waals surface area (Å²) in [5, 5.41) is 14.1. The quantitative estimate of drug-likeness (QED) is 0.668. The Balaban J connectivity index is 1.71. The second-order valence-corrected chi connectivity index (χ2v) is 8.03. The second-order valence-electron chi connectivity index (χ2n) is 8.03. The van der Waals surface area contributed by atoms with Crippen molar-refractivity contribution in [2.75, 3.05) is 18.4 Å². The van der Waals surface area contributed by atoms with Crippen LogP contribution in [0.15, 0.2) is 23.1 Å². The van der Waals surface area contributed by atoms with E-state index in [0.29, 0.717) is 25.0 Å². The number of halogens is 4. The van der Waals surface area contributed by atoms with Gasteiger partial charge in [-0.3, -0.25) is 24.1 Å². The van der Waals surface area contributed by atoms with Crippen molar-refractivity contribution in [1.29, 1.82) is 0 Å². The van der Waals surface area contributed by atoms with Crippen LogP contribution in [0.2, 0.25) is 0 Å². The van der Waals surface area contributed by atoms with Crippen molar-refractivity contribution in [3.63, 3.8) is 0 Å². The van der Waals surface area contributed by atoms with Crippen LogP contribution in [0, 0.1) is 17.5 Å². The molecule has 0 unspecified atom stereocenters. The normalized spacial score (nSPS) is 19.8. The molecule has 2 aliphatic heterocycles. The van der Waals surface area contributed by atoms with Gasteiger partial charge in [0.2, 0.25) is 5.43 Å². The number of nitrogens with one attached hydrogen (secondary N) is 1. The average molecular weight is 468 g/mol. The Morgan fingerprint density at radius 3 is 2.48 bits per heavy atom. The smallest absolute Gasteiger partial charge is 0.278 e. The number of benzene rings is 1. The van der Waals surface area contributed by atoms with Gasteiger partial charge in [0.1, 0.15) is 36.4 Å². The SMILES string of the molecule is C[C@H]1CC[C@@H](CF)N2CN1C(=O)c1c(O)c(=O)c(C(=O)NCc3c(F)cc(F)cc3F)cn12. The van der Waals surface area contributed by atoms with Crippen LogP contribution >= 0.6 is 0 Å². The molecule has 0 radical (unpaired) electrons. The number of aromatic nitrogens is 1. The third-order valence-electron chi connectivity index (χ3n) is 6.03. The fourth-order valence-corrected chi connectivity index (χ4v) is 4.11. The minimum atomic E-state index is -1.23. The Kier molecular flexibility index (Phi) is 5.76. The van der Waals surface area contributed by atoms with Gasteiger partial charge in [-0.1, -0.05) is 0 Å². The van der Waals surface area contributed by atoms with E-state index in [1.807, 2.05) is 0 Å². The van der Waals surface area contributed by atoms with Crippen LogP contribution in [0.1, 0.15) is 46.2 Å². The standard InChI is InChI=1S/C21H20F4N4O4/c1-10-2-3-12(6-22)29-9-27(10)21(33)17-19(31)18(30)14(8-28(17)29)20(32)26-7-13-15(24)4-11(23)5-16(13)25/h4-5,8,10,12,31H,2-3,6-7,9H2,1H3,(H,26,32)/t10-,12-/m0/s1. The summed E-state index contributed by atoms with van der Waals surface area (Å²) >= 11 is 0. The molecule has 4 rings (SSSR count). The highest BCUT2D eigenvalue weighted by molar-refractivity contribution is 5.99. The third kappa shape index (κ3) is 3.79. The fourth-order valence-electron chi connectivity index (χ4n) is 4.11. The molecular weight excluding hydrogens is 448 g/mol. The molecule has 8 nitrogen and oxygen atoms in total. The number of carbonyl (C=O) groups excluding carboxylic acids is 2. The highest BCUT2D eigenvalue weighted by atomic mass is 19.1. The molecule has 3 heterocycles. The Hall–Kier alpha value is -3.57. The molecule has 12 heteroatoms. The monoisotopic (exact) mass is 468 g/mol. The maximum Gasteiger partial charge on any atom is 0.278 e. The molecule has 1 aromatic carbocycles. The van der Waals surface area contributed by atoms with E-state index in [0.717, 1.165) is 10.9 Å². The van der Waals surface area contributed by atoms with Crippen molar-refractivity contribution < 1.29 is 32.3 Å². The van der Waals surface area contributed by atoms with E-state index >= 15 is 0 Å². The molecule has 176 valence electrons. The van der Waals surface area contributed by atoms with E-state index in [1.165, 1.54) is 9.91 Å². The number of rotatable bonds is 4. The number of pyridine rings is 1. The summed E-state index contributed by atoms with van der Waals surface area (Å²) in [5.41, 5.74) is -2.81. The number of nitrogens with zero attached hydrogens (tertiary/aromatic N) is 3. The molecule has 1 fully saturated rings. The minimum absolute atomic E-state index is 0.0169. The number of aromatic hydroxyl groups is 1. The van der Waals surface area contributed by atoms with Gasteiger partial charge in [0, 0.05) is 36.5 Å². The highest BCUT2D eigenvalue weighted by Crippen LogP contribution is 2.29. The van der Waals surface area contributed by atoms with Crippen LogP contribution in [-0.2, 0) is 6.54 Å². The van der Waals surface area contributed by atoms with Gasteiger partial charge in [0.15, 0.2) is 11.4 Å². The minimum Gasteiger partial charge on any atom is -0.502 e. The first-order chi connectivity index (χ1) is 15.6. The lowest BCUT2D eigenvalue weighted by atomic mass is 10.1. The molecule has 0 spiro atoms. The lowest BCUT2D eigenvalue weighted by Crippen LogP contribution is -2.58. The lowest BCUT2D eigenvalue weighted by molar-refractivity contribution is 0.0624. The third-order valence-corrected chi connectivity index (χ3v) is 6.03. The van der Waals surface area contributed by atoms with Gasteiger partial charge in [-0.25, -0.2) is 17.6 Å². The number of amides is 2. The van der Waals surface area contributed by atoms with Gasteiger partial charge in [-0.2, -0.15) is 0 Å². The molecule has 0 aliphatic carbocycles. The maximum atomic E-state index is 13.8. The molecule has 1 saturated heterocycles. The predicted octanol–water partition coefficient (Wildman–Crippen LogP) is 1.77. The summed E-state index contributed by atoms with van der Waals surface area (Å²) in [7, 11) is 0. The van der Waals surface area contributed by atoms with Gasteiger partial charge >= 0.3 is 0 Å². The zero-order valence-corrected chi connectivity index (χ0v) is 17.4. The average Bonchev–Trinajstić information content (AvgIpc) is 2.90. The molecule has 1 aromatic heterocycles. The first-order valence-electron chi connectivity index (χ1n) is 10.2. The summed E-state index contributed by atoms with van der Waals surface area (Å²) < 4.78 is 55.6. The zero-order valence-electron chi connectivity index (χ0n) is 17.4. The molecule has 0 saturated carbocycles. The summed E-state index contributed by atoms with van der Waals surface area (Å²) in [4.78, 5) is 39.7. The van der Waals surface area contributed by atoms with E-state index in [2.05, 4.69) is 5.32 Å². The summed E-state index contributed by atoms with van der Waals surface area (Å²) in [6, 6.07) is -0.0504. The van der Waals surface area contributed by atoms with Crippen molar-refractivity contribution in [3.05, 3.63) is 62.8 Å². The van der Waals surface area contributed by atoms with Gasteiger partial charge < -0.3 is 15.3 Å². The van der Waals surface area contributed by atoms with Crippen LogP contribution < -0.4 is 15.8 Å². The Morgan fingerprint density at radius 1 is 1.18 bits per heavy atom. The Bertz CT molecular complexity index is 1180. The van der Waals surface area contributed by atoms with Gasteiger partial charge in [0.25, 0.3) is 11.8 Å². The van der Waals surface area contributed by atoms with Gasteiger partial charge in [-0.05, 0) is 19.8 Å². The van der Waals surface area contributed by atoms with Crippen molar-refractivity contribution in [3.8, 4) is 5.75 Å². The van der Waals surface area contributed by atoms with E-state index < -0.39 is 76.5 Å². The van der Waals surface area contributed by atoms with Crippen LogP contribution in [0.5, 0.6) is 5.75 Å². The second kappa shape index (κ2) is 8.41. The maximum absolute atomic E-state index is 13.8. The molecule has 2 amide bonds. The molecule has 2 aliphatic rings. The van der Waals surface area contributed by atoms with Crippen LogP contribution in [0.3, 0.4) is 0 Å².